The third-order valence-electron chi connectivity index (χ3n) is 6.83. The number of nitrogens with zero attached hydrogens (tertiary/aromatic N) is 1. The van der Waals surface area contributed by atoms with Gasteiger partial charge in [-0.1, -0.05) is 42.5 Å². The fourth-order valence-corrected chi connectivity index (χ4v) is 5.15. The number of aromatic amines is 1. The minimum absolute atomic E-state index is 0.168. The molecule has 36 heavy (non-hydrogen) atoms. The minimum Gasteiger partial charge on any atom is -0.497 e. The fourth-order valence-electron chi connectivity index (χ4n) is 5.15. The van der Waals surface area contributed by atoms with Crippen LogP contribution in [0.15, 0.2) is 72.8 Å². The molecule has 0 unspecified atom stereocenters. The number of H-pyrrole nitrogens is 1. The van der Waals surface area contributed by atoms with Crippen LogP contribution in [0.3, 0.4) is 0 Å². The summed E-state index contributed by atoms with van der Waals surface area (Å²) in [6.45, 7) is 4.37. The van der Waals surface area contributed by atoms with Gasteiger partial charge in [0.1, 0.15) is 17.5 Å². The van der Waals surface area contributed by atoms with E-state index in [4.69, 9.17) is 14.2 Å². The molecule has 6 heteroatoms. The summed E-state index contributed by atoms with van der Waals surface area (Å²) in [5, 5.41) is 1.15. The Hall–Kier alpha value is -3.77. The second-order valence-corrected chi connectivity index (χ2v) is 9.46. The Balaban J connectivity index is 1.66. The molecule has 0 fully saturated rings. The number of fused-ring (bicyclic) bond motifs is 3. The van der Waals surface area contributed by atoms with E-state index in [-0.39, 0.29) is 18.1 Å². The monoisotopic (exact) mass is 484 g/mol. The van der Waals surface area contributed by atoms with Gasteiger partial charge in [0.15, 0.2) is 0 Å². The van der Waals surface area contributed by atoms with Gasteiger partial charge in [0.05, 0.1) is 26.4 Å². The van der Waals surface area contributed by atoms with E-state index < -0.39 is 6.04 Å². The van der Waals surface area contributed by atoms with E-state index >= 15 is 0 Å². The lowest BCUT2D eigenvalue weighted by Gasteiger charge is -2.41. The normalized spacial score (nSPS) is 17.7. The molecule has 0 saturated heterocycles. The van der Waals surface area contributed by atoms with Crippen molar-refractivity contribution in [2.24, 2.45) is 0 Å². The topological polar surface area (TPSA) is 63.8 Å². The number of para-hydroxylation sites is 1. The molecule has 0 radical (unpaired) electrons. The maximum atomic E-state index is 13.5. The van der Waals surface area contributed by atoms with Crippen LogP contribution in [-0.4, -0.2) is 42.2 Å². The highest BCUT2D eigenvalue weighted by Gasteiger charge is 2.42. The van der Waals surface area contributed by atoms with Crippen molar-refractivity contribution in [1.82, 2.24) is 9.88 Å². The minimum atomic E-state index is -0.437. The van der Waals surface area contributed by atoms with Crippen LogP contribution in [0, 0.1) is 0 Å². The van der Waals surface area contributed by atoms with E-state index in [1.165, 1.54) is 5.56 Å². The molecule has 0 spiro atoms. The molecule has 0 bridgehead atoms. The summed E-state index contributed by atoms with van der Waals surface area (Å²) < 4.78 is 16.6. The van der Waals surface area contributed by atoms with Crippen molar-refractivity contribution in [3.05, 3.63) is 95.2 Å². The molecular weight excluding hydrogens is 452 g/mol. The highest BCUT2D eigenvalue weighted by Crippen LogP contribution is 2.42. The lowest BCUT2D eigenvalue weighted by atomic mass is 9.87. The first-order chi connectivity index (χ1) is 17.5. The van der Waals surface area contributed by atoms with Gasteiger partial charge in [0.2, 0.25) is 0 Å². The average molecular weight is 485 g/mol. The van der Waals surface area contributed by atoms with Crippen molar-refractivity contribution in [2.45, 2.75) is 45.0 Å². The number of aromatic nitrogens is 1. The molecule has 4 aromatic rings. The van der Waals surface area contributed by atoms with E-state index in [1.54, 1.807) is 14.2 Å². The van der Waals surface area contributed by atoms with Crippen LogP contribution >= 0.6 is 0 Å². The van der Waals surface area contributed by atoms with Crippen LogP contribution in [-0.2, 0) is 22.5 Å². The molecule has 0 aliphatic carbocycles. The standard InChI is InChI=1S/C30H32N2O4/c1-19(2)36-30(33)27-17-25-24-7-5-6-8-26(24)31-28(25)29(21-11-15-23(35-4)16-12-21)32(27)18-20-9-13-22(34-3)14-10-20/h5-16,19,27,29,31H,17-18H2,1-4H3/t27-,29-/m0/s1. The van der Waals surface area contributed by atoms with Crippen LogP contribution < -0.4 is 9.47 Å². The lowest BCUT2D eigenvalue weighted by Crippen LogP contribution is -2.49. The van der Waals surface area contributed by atoms with Crippen molar-refractivity contribution in [1.29, 1.82) is 0 Å². The van der Waals surface area contributed by atoms with E-state index in [0.29, 0.717) is 13.0 Å². The number of hydrogen-bond donors (Lipinski definition) is 1. The van der Waals surface area contributed by atoms with Crippen molar-refractivity contribution < 1.29 is 19.0 Å². The van der Waals surface area contributed by atoms with Gasteiger partial charge in [-0.25, -0.2) is 0 Å². The van der Waals surface area contributed by atoms with Crippen LogP contribution in [0.4, 0.5) is 0 Å². The molecule has 1 aliphatic heterocycles. The summed E-state index contributed by atoms with van der Waals surface area (Å²) in [5.41, 5.74) is 5.53. The van der Waals surface area contributed by atoms with E-state index in [9.17, 15) is 4.79 Å². The quantitative estimate of drug-likeness (QED) is 0.343. The molecule has 186 valence electrons. The van der Waals surface area contributed by atoms with Crippen molar-refractivity contribution in [2.75, 3.05) is 14.2 Å². The number of carbonyl (C=O) groups excluding carboxylic acids is 1. The first-order valence-electron chi connectivity index (χ1n) is 12.3. The Morgan fingerprint density at radius 2 is 1.58 bits per heavy atom. The highest BCUT2D eigenvalue weighted by molar-refractivity contribution is 5.87. The zero-order valence-electron chi connectivity index (χ0n) is 21.2. The van der Waals surface area contributed by atoms with E-state index in [0.717, 1.165) is 39.2 Å². The number of methoxy groups -OCH3 is 2. The first-order valence-corrected chi connectivity index (χ1v) is 12.3. The summed E-state index contributed by atoms with van der Waals surface area (Å²) in [4.78, 5) is 19.5. The smallest absolute Gasteiger partial charge is 0.323 e. The number of benzene rings is 3. The maximum absolute atomic E-state index is 13.5. The molecular formula is C30H32N2O4. The predicted octanol–water partition coefficient (Wildman–Crippen LogP) is 5.65. The number of hydrogen-bond acceptors (Lipinski definition) is 5. The van der Waals surface area contributed by atoms with Gasteiger partial charge < -0.3 is 19.2 Å². The Morgan fingerprint density at radius 1 is 0.944 bits per heavy atom. The molecule has 3 aromatic carbocycles. The Labute approximate surface area is 211 Å². The van der Waals surface area contributed by atoms with Crippen molar-refractivity contribution in [3.8, 4) is 11.5 Å². The molecule has 1 aromatic heterocycles. The first kappa shape index (κ1) is 23.9. The van der Waals surface area contributed by atoms with Gasteiger partial charge in [0.25, 0.3) is 0 Å². The zero-order valence-corrected chi connectivity index (χ0v) is 21.2. The van der Waals surface area contributed by atoms with Gasteiger partial charge in [-0.3, -0.25) is 9.69 Å². The SMILES string of the molecule is COc1ccc(CN2[C@@H](c3ccc(OC)cc3)c3[nH]c4ccccc4c3C[C@H]2C(=O)OC(C)C)cc1. The van der Waals surface area contributed by atoms with Crippen molar-refractivity contribution >= 4 is 16.9 Å². The molecule has 0 amide bonds. The molecule has 0 saturated carbocycles. The second-order valence-electron chi connectivity index (χ2n) is 9.46. The number of ether oxygens (including phenoxy) is 3. The number of nitrogens with one attached hydrogen (secondary N) is 1. The summed E-state index contributed by atoms with van der Waals surface area (Å²) in [6.07, 6.45) is 0.386. The molecule has 6 nitrogen and oxygen atoms in total. The van der Waals surface area contributed by atoms with Crippen LogP contribution in [0.2, 0.25) is 0 Å². The molecule has 1 N–H and O–H groups in total. The van der Waals surface area contributed by atoms with Crippen LogP contribution in [0.5, 0.6) is 11.5 Å². The number of esters is 1. The van der Waals surface area contributed by atoms with Crippen LogP contribution in [0.1, 0.15) is 42.3 Å². The summed E-state index contributed by atoms with van der Waals surface area (Å²) in [5.74, 6) is 1.40. The largest absolute Gasteiger partial charge is 0.497 e. The second kappa shape index (κ2) is 10.1. The maximum Gasteiger partial charge on any atom is 0.323 e. The Kier molecular flexibility index (Phi) is 6.70. The summed E-state index contributed by atoms with van der Waals surface area (Å²) >= 11 is 0. The molecule has 1 aliphatic rings. The highest BCUT2D eigenvalue weighted by atomic mass is 16.5. The van der Waals surface area contributed by atoms with Gasteiger partial charge >= 0.3 is 5.97 Å². The predicted molar refractivity (Wildman–Crippen MR) is 140 cm³/mol. The summed E-state index contributed by atoms with van der Waals surface area (Å²) in [6, 6.07) is 23.8. The fraction of sp³-hybridized carbons (Fsp3) is 0.300. The molecule has 2 heterocycles. The van der Waals surface area contributed by atoms with E-state index in [2.05, 4.69) is 46.3 Å². The van der Waals surface area contributed by atoms with Gasteiger partial charge in [-0.2, -0.15) is 0 Å². The molecule has 2 atom stereocenters. The number of carbonyl (C=O) groups is 1. The Morgan fingerprint density at radius 3 is 2.22 bits per heavy atom. The van der Waals surface area contributed by atoms with Crippen LogP contribution in [0.25, 0.3) is 10.9 Å². The van der Waals surface area contributed by atoms with Gasteiger partial charge in [-0.05, 0) is 60.9 Å². The zero-order chi connectivity index (χ0) is 25.2. The average Bonchev–Trinajstić information content (AvgIpc) is 3.26. The summed E-state index contributed by atoms with van der Waals surface area (Å²) in [7, 11) is 3.33. The third kappa shape index (κ3) is 4.56. The lowest BCUT2D eigenvalue weighted by molar-refractivity contribution is -0.155. The van der Waals surface area contributed by atoms with Gasteiger partial charge in [-0.15, -0.1) is 0 Å². The van der Waals surface area contributed by atoms with Gasteiger partial charge in [0, 0.05) is 29.6 Å². The number of rotatable bonds is 7. The third-order valence-corrected chi connectivity index (χ3v) is 6.83. The Bertz CT molecular complexity index is 1340. The van der Waals surface area contributed by atoms with E-state index in [1.807, 2.05) is 50.2 Å². The molecule has 5 rings (SSSR count). The van der Waals surface area contributed by atoms with Crippen molar-refractivity contribution in [3.63, 3.8) is 0 Å².